The van der Waals surface area contributed by atoms with Crippen LogP contribution in [-0.2, 0) is 4.74 Å². The second-order valence-corrected chi connectivity index (χ2v) is 9.79. The number of aromatic amines is 1. The summed E-state index contributed by atoms with van der Waals surface area (Å²) in [5.74, 6) is -1.22. The van der Waals surface area contributed by atoms with Gasteiger partial charge in [-0.1, -0.05) is 18.7 Å². The van der Waals surface area contributed by atoms with Crippen LogP contribution < -0.4 is 0 Å². The largest absolute Gasteiger partial charge is 0.504 e. The first kappa shape index (κ1) is 28.1. The summed E-state index contributed by atoms with van der Waals surface area (Å²) in [6.45, 7) is 10.0. The molecule has 1 aliphatic heterocycles. The number of ether oxygens (including phenoxy) is 1. The van der Waals surface area contributed by atoms with E-state index in [0.717, 1.165) is 42.7 Å². The van der Waals surface area contributed by atoms with Crippen molar-refractivity contribution in [1.82, 2.24) is 24.7 Å². The van der Waals surface area contributed by atoms with Gasteiger partial charge in [-0.05, 0) is 50.9 Å². The molecule has 0 bridgehead atoms. The van der Waals surface area contributed by atoms with Gasteiger partial charge < -0.3 is 24.6 Å². The van der Waals surface area contributed by atoms with E-state index in [4.69, 9.17) is 4.74 Å². The zero-order valence-electron chi connectivity index (χ0n) is 23.0. The number of nitrogens with one attached hydrogen (secondary N) is 1. The maximum absolute atomic E-state index is 14.9. The molecule has 4 rings (SSSR count). The van der Waals surface area contributed by atoms with E-state index in [2.05, 4.69) is 26.3 Å². The molecule has 2 N–H and O–H groups in total. The number of phenols is 1. The van der Waals surface area contributed by atoms with Gasteiger partial charge >= 0.3 is 0 Å². The van der Waals surface area contributed by atoms with Gasteiger partial charge in [-0.3, -0.25) is 9.69 Å². The molecule has 0 spiro atoms. The number of methoxy groups -OCH3 is 1. The molecule has 0 radical (unpaired) electrons. The number of phenolic OH excluding ortho intramolecular Hbond substituents is 1. The lowest BCUT2D eigenvalue weighted by molar-refractivity contribution is 0.0626. The first-order valence-corrected chi connectivity index (χ1v) is 13.0. The lowest BCUT2D eigenvalue weighted by atomic mass is 9.99. The summed E-state index contributed by atoms with van der Waals surface area (Å²) in [5, 5.41) is 11.3. The molecule has 206 valence electrons. The van der Waals surface area contributed by atoms with Crippen molar-refractivity contribution < 1.29 is 19.0 Å². The number of carbonyl (C=O) groups excluding carboxylic acids is 1. The normalized spacial score (nSPS) is 15.3. The van der Waals surface area contributed by atoms with Crippen LogP contribution in [0.2, 0.25) is 0 Å². The third-order valence-corrected chi connectivity index (χ3v) is 7.01. The van der Waals surface area contributed by atoms with Crippen molar-refractivity contribution in [3.63, 3.8) is 0 Å². The van der Waals surface area contributed by atoms with E-state index in [-0.39, 0.29) is 11.5 Å². The molecular weight excluding hydrogens is 497 g/mol. The number of rotatable bonds is 9. The second kappa shape index (κ2) is 12.3. The monoisotopic (exact) mass is 533 g/mol. The Balaban J connectivity index is 1.64. The predicted molar refractivity (Wildman–Crippen MR) is 153 cm³/mol. The van der Waals surface area contributed by atoms with Crippen molar-refractivity contribution >= 4 is 22.5 Å². The number of benzene rings is 1. The van der Waals surface area contributed by atoms with Gasteiger partial charge in [0.2, 0.25) is 0 Å². The summed E-state index contributed by atoms with van der Waals surface area (Å²) >= 11 is 0. The molecule has 3 heterocycles. The van der Waals surface area contributed by atoms with Crippen molar-refractivity contribution in [2.75, 3.05) is 60.5 Å². The molecule has 1 fully saturated rings. The molecular formula is C30H36FN5O3. The minimum atomic E-state index is -0.848. The van der Waals surface area contributed by atoms with E-state index in [0.29, 0.717) is 35.6 Å². The zero-order chi connectivity index (χ0) is 28.1. The van der Waals surface area contributed by atoms with Crippen molar-refractivity contribution in [2.45, 2.75) is 6.92 Å². The minimum Gasteiger partial charge on any atom is -0.504 e. The number of carbonyl (C=O) groups is 1. The van der Waals surface area contributed by atoms with Crippen LogP contribution in [0.15, 0.2) is 61.2 Å². The summed E-state index contributed by atoms with van der Waals surface area (Å²) in [5.41, 5.74) is 3.39. The Bertz CT molecular complexity index is 1420. The Morgan fingerprint density at radius 1 is 1.21 bits per heavy atom. The third kappa shape index (κ3) is 6.05. The fraction of sp³-hybridized carbons (Fsp3) is 0.333. The quantitative estimate of drug-likeness (QED) is 0.311. The highest BCUT2D eigenvalue weighted by molar-refractivity contribution is 5.99. The van der Waals surface area contributed by atoms with E-state index in [1.165, 1.54) is 6.07 Å². The highest BCUT2D eigenvalue weighted by Gasteiger charge is 2.26. The summed E-state index contributed by atoms with van der Waals surface area (Å²) in [7, 11) is 5.66. The van der Waals surface area contributed by atoms with Crippen LogP contribution in [0.25, 0.3) is 27.7 Å². The van der Waals surface area contributed by atoms with E-state index >= 15 is 0 Å². The molecule has 1 aliphatic rings. The molecule has 9 heteroatoms. The number of aromatic hydroxyl groups is 1. The standard InChI is InChI=1S/C30H36FN5O3/c1-6-8-27(39-5)22(7-2)25-19-33-29-23(25)16-21(18-32-29)20-15-24(28(37)26(31)17-20)30(38)36-13-11-35(12-14-36)10-9-34(3)4/h6-8,15-19,37H,1,9-14H2,2-5H3,(H,32,33)/b22-7-,27-8+. The van der Waals surface area contributed by atoms with Crippen molar-refractivity contribution in [3.05, 3.63) is 78.1 Å². The second-order valence-electron chi connectivity index (χ2n) is 9.79. The zero-order valence-corrected chi connectivity index (χ0v) is 23.0. The number of fused-ring (bicyclic) bond motifs is 1. The fourth-order valence-corrected chi connectivity index (χ4v) is 4.80. The lowest BCUT2D eigenvalue weighted by Gasteiger charge is -2.35. The smallest absolute Gasteiger partial charge is 0.257 e. The maximum atomic E-state index is 14.9. The predicted octanol–water partition coefficient (Wildman–Crippen LogP) is 4.51. The highest BCUT2D eigenvalue weighted by Crippen LogP contribution is 2.34. The Morgan fingerprint density at radius 3 is 2.59 bits per heavy atom. The van der Waals surface area contributed by atoms with Crippen molar-refractivity contribution in [3.8, 4) is 16.9 Å². The van der Waals surface area contributed by atoms with E-state index in [1.54, 1.807) is 36.4 Å². The number of pyridine rings is 1. The first-order chi connectivity index (χ1) is 18.8. The number of halogens is 1. The van der Waals surface area contributed by atoms with Crippen LogP contribution in [0.3, 0.4) is 0 Å². The molecule has 1 aromatic carbocycles. The number of hydrogen-bond donors (Lipinski definition) is 2. The molecule has 0 aliphatic carbocycles. The number of hydrogen-bond acceptors (Lipinski definition) is 6. The number of H-pyrrole nitrogens is 1. The Morgan fingerprint density at radius 2 is 1.95 bits per heavy atom. The molecule has 0 saturated carbocycles. The van der Waals surface area contributed by atoms with Crippen LogP contribution in [0.1, 0.15) is 22.8 Å². The number of likely N-dealkylation sites (N-methyl/N-ethyl adjacent to an activating group) is 1. The van der Waals surface area contributed by atoms with Gasteiger partial charge in [0.25, 0.3) is 5.91 Å². The number of amides is 1. The highest BCUT2D eigenvalue weighted by atomic mass is 19.1. The molecule has 1 amide bonds. The van der Waals surface area contributed by atoms with Gasteiger partial charge in [-0.25, -0.2) is 9.37 Å². The molecule has 39 heavy (non-hydrogen) atoms. The Labute approximate surface area is 228 Å². The van der Waals surface area contributed by atoms with Crippen LogP contribution >= 0.6 is 0 Å². The number of allylic oxidation sites excluding steroid dienone is 4. The van der Waals surface area contributed by atoms with E-state index in [9.17, 15) is 14.3 Å². The number of aromatic nitrogens is 2. The average molecular weight is 534 g/mol. The number of piperazine rings is 1. The summed E-state index contributed by atoms with van der Waals surface area (Å²) < 4.78 is 20.5. The Kier molecular flexibility index (Phi) is 8.83. The van der Waals surface area contributed by atoms with Gasteiger partial charge in [0, 0.05) is 73.7 Å². The first-order valence-electron chi connectivity index (χ1n) is 13.0. The van der Waals surface area contributed by atoms with Crippen LogP contribution in [0.4, 0.5) is 4.39 Å². The van der Waals surface area contributed by atoms with Crippen LogP contribution in [0.5, 0.6) is 5.75 Å². The minimum absolute atomic E-state index is 0.0501. The van der Waals surface area contributed by atoms with Crippen molar-refractivity contribution in [2.24, 2.45) is 0 Å². The van der Waals surface area contributed by atoms with Crippen LogP contribution in [-0.4, -0.2) is 96.2 Å². The van der Waals surface area contributed by atoms with Gasteiger partial charge in [0.15, 0.2) is 11.6 Å². The van der Waals surface area contributed by atoms with Crippen LogP contribution in [0, 0.1) is 5.82 Å². The summed E-state index contributed by atoms with van der Waals surface area (Å²) in [6, 6.07) is 4.67. The van der Waals surface area contributed by atoms with Gasteiger partial charge in [-0.15, -0.1) is 0 Å². The molecule has 2 aromatic heterocycles. The van der Waals surface area contributed by atoms with Gasteiger partial charge in [0.1, 0.15) is 11.4 Å². The molecule has 1 saturated heterocycles. The Hall–Kier alpha value is -3.95. The van der Waals surface area contributed by atoms with E-state index in [1.807, 2.05) is 39.4 Å². The molecule has 0 unspecified atom stereocenters. The molecule has 3 aromatic rings. The SMILES string of the molecule is C=C/C=C(OC)\C(=C/C)c1c[nH]c2ncc(-c3cc(F)c(O)c(C(=O)N4CCN(CCN(C)C)CC4)c3)cc12. The third-order valence-electron chi connectivity index (χ3n) is 7.01. The lowest BCUT2D eigenvalue weighted by Crippen LogP contribution is -2.50. The summed E-state index contributed by atoms with van der Waals surface area (Å²) in [6.07, 6.45) is 8.84. The van der Waals surface area contributed by atoms with Gasteiger partial charge in [0.05, 0.1) is 12.7 Å². The maximum Gasteiger partial charge on any atom is 0.257 e. The average Bonchev–Trinajstić information content (AvgIpc) is 3.36. The van der Waals surface area contributed by atoms with Crippen molar-refractivity contribution in [1.29, 1.82) is 0 Å². The molecule has 8 nitrogen and oxygen atoms in total. The topological polar surface area (TPSA) is 84.9 Å². The fourth-order valence-electron chi connectivity index (χ4n) is 4.80. The number of nitrogens with zero attached hydrogens (tertiary/aromatic N) is 4. The summed E-state index contributed by atoms with van der Waals surface area (Å²) in [4.78, 5) is 27.2. The molecule has 0 atom stereocenters. The van der Waals surface area contributed by atoms with E-state index < -0.39 is 11.6 Å². The van der Waals surface area contributed by atoms with Gasteiger partial charge in [-0.2, -0.15) is 0 Å².